The molecular formula is C14H20N2O4. The number of hydrogen-bond acceptors (Lipinski definition) is 4. The zero-order chi connectivity index (χ0) is 14.8. The number of rotatable bonds is 8. The van der Waals surface area contributed by atoms with Crippen LogP contribution in [0.4, 0.5) is 0 Å². The highest BCUT2D eigenvalue weighted by atomic mass is 16.5. The van der Waals surface area contributed by atoms with E-state index < -0.39 is 0 Å². The largest absolute Gasteiger partial charge is 0.497 e. The molecule has 0 atom stereocenters. The summed E-state index contributed by atoms with van der Waals surface area (Å²) in [4.78, 5) is 22.7. The highest BCUT2D eigenvalue weighted by Gasteiger charge is 2.05. The number of ether oxygens (including phenoxy) is 2. The first kappa shape index (κ1) is 15.8. The van der Waals surface area contributed by atoms with Gasteiger partial charge in [0.25, 0.3) is 5.91 Å². The molecule has 0 unspecified atom stereocenters. The summed E-state index contributed by atoms with van der Waals surface area (Å²) in [5.74, 6) is 0.739. The lowest BCUT2D eigenvalue weighted by Crippen LogP contribution is -2.39. The Bertz CT molecular complexity index is 431. The molecule has 0 aliphatic heterocycles. The van der Waals surface area contributed by atoms with E-state index in [4.69, 9.17) is 9.47 Å². The fourth-order valence-electron chi connectivity index (χ4n) is 1.38. The molecule has 1 aromatic rings. The number of benzene rings is 1. The highest BCUT2D eigenvalue weighted by Crippen LogP contribution is 2.16. The second-order valence-corrected chi connectivity index (χ2v) is 4.09. The minimum Gasteiger partial charge on any atom is -0.497 e. The minimum atomic E-state index is -0.340. The molecule has 6 nitrogen and oxygen atoms in total. The van der Waals surface area contributed by atoms with Crippen molar-refractivity contribution in [2.24, 2.45) is 0 Å². The zero-order valence-corrected chi connectivity index (χ0v) is 11.8. The van der Waals surface area contributed by atoms with Crippen molar-refractivity contribution in [2.75, 3.05) is 26.8 Å². The van der Waals surface area contributed by atoms with E-state index in [1.807, 2.05) is 6.92 Å². The third-order valence-corrected chi connectivity index (χ3v) is 2.45. The van der Waals surface area contributed by atoms with Crippen LogP contribution in [0.3, 0.4) is 0 Å². The predicted molar refractivity (Wildman–Crippen MR) is 74.8 cm³/mol. The minimum absolute atomic E-state index is 0.0369. The van der Waals surface area contributed by atoms with E-state index in [0.29, 0.717) is 12.3 Å². The third-order valence-electron chi connectivity index (χ3n) is 2.45. The number of carbonyl (C=O) groups excluding carboxylic acids is 2. The van der Waals surface area contributed by atoms with Gasteiger partial charge in [0, 0.05) is 6.54 Å². The zero-order valence-electron chi connectivity index (χ0n) is 11.8. The summed E-state index contributed by atoms with van der Waals surface area (Å²) in [7, 11) is 1.58. The van der Waals surface area contributed by atoms with Crippen LogP contribution in [0.5, 0.6) is 11.5 Å². The molecule has 0 saturated carbocycles. The first-order chi connectivity index (χ1) is 9.65. The maximum atomic E-state index is 11.5. The molecule has 0 spiro atoms. The number of carbonyl (C=O) groups is 2. The molecular weight excluding hydrogens is 260 g/mol. The van der Waals surface area contributed by atoms with Crippen molar-refractivity contribution in [3.63, 3.8) is 0 Å². The van der Waals surface area contributed by atoms with Crippen LogP contribution in [-0.2, 0) is 9.59 Å². The van der Waals surface area contributed by atoms with Crippen LogP contribution < -0.4 is 20.1 Å². The average molecular weight is 280 g/mol. The van der Waals surface area contributed by atoms with Gasteiger partial charge in [0.15, 0.2) is 6.61 Å². The number of hydrogen-bond donors (Lipinski definition) is 2. The van der Waals surface area contributed by atoms with Gasteiger partial charge in [-0.25, -0.2) is 0 Å². The van der Waals surface area contributed by atoms with Crippen molar-refractivity contribution in [2.45, 2.75) is 13.3 Å². The Balaban J connectivity index is 2.23. The Morgan fingerprint density at radius 3 is 2.30 bits per heavy atom. The van der Waals surface area contributed by atoms with Crippen LogP contribution in [0.2, 0.25) is 0 Å². The second-order valence-electron chi connectivity index (χ2n) is 4.09. The molecule has 0 heterocycles. The smallest absolute Gasteiger partial charge is 0.258 e. The number of methoxy groups -OCH3 is 1. The van der Waals surface area contributed by atoms with E-state index in [0.717, 1.165) is 12.2 Å². The molecule has 0 bridgehead atoms. The molecule has 0 radical (unpaired) electrons. The molecule has 110 valence electrons. The molecule has 2 N–H and O–H groups in total. The summed E-state index contributed by atoms with van der Waals surface area (Å²) in [6.45, 7) is 2.40. The molecule has 1 aromatic carbocycles. The van der Waals surface area contributed by atoms with E-state index in [2.05, 4.69) is 10.6 Å². The Morgan fingerprint density at radius 1 is 1.05 bits per heavy atom. The maximum Gasteiger partial charge on any atom is 0.258 e. The summed E-state index contributed by atoms with van der Waals surface area (Å²) in [5.41, 5.74) is 0. The van der Waals surface area contributed by atoms with Gasteiger partial charge in [-0.1, -0.05) is 6.92 Å². The van der Waals surface area contributed by atoms with Crippen LogP contribution >= 0.6 is 0 Å². The topological polar surface area (TPSA) is 76.7 Å². The van der Waals surface area contributed by atoms with Crippen molar-refractivity contribution in [1.82, 2.24) is 10.6 Å². The van der Waals surface area contributed by atoms with Crippen LogP contribution in [-0.4, -0.2) is 38.6 Å². The van der Waals surface area contributed by atoms with Crippen LogP contribution in [0, 0.1) is 0 Å². The van der Waals surface area contributed by atoms with Gasteiger partial charge in [0.2, 0.25) is 5.91 Å². The van der Waals surface area contributed by atoms with E-state index in [-0.39, 0.29) is 25.0 Å². The molecule has 2 amide bonds. The average Bonchev–Trinajstić information content (AvgIpc) is 2.49. The van der Waals surface area contributed by atoms with E-state index >= 15 is 0 Å². The summed E-state index contributed by atoms with van der Waals surface area (Å²) in [6, 6.07) is 6.90. The monoisotopic (exact) mass is 280 g/mol. The highest BCUT2D eigenvalue weighted by molar-refractivity contribution is 5.85. The van der Waals surface area contributed by atoms with E-state index in [1.54, 1.807) is 31.4 Å². The van der Waals surface area contributed by atoms with E-state index in [1.165, 1.54) is 0 Å². The summed E-state index contributed by atoms with van der Waals surface area (Å²) in [5, 5.41) is 5.15. The normalized spacial score (nSPS) is 9.70. The maximum absolute atomic E-state index is 11.5. The van der Waals surface area contributed by atoms with Crippen LogP contribution in [0.15, 0.2) is 24.3 Å². The lowest BCUT2D eigenvalue weighted by Gasteiger charge is -2.08. The fourth-order valence-corrected chi connectivity index (χ4v) is 1.38. The van der Waals surface area contributed by atoms with Crippen molar-refractivity contribution in [3.05, 3.63) is 24.3 Å². The molecule has 0 aliphatic rings. The number of nitrogens with one attached hydrogen (secondary N) is 2. The lowest BCUT2D eigenvalue weighted by molar-refractivity contribution is -0.127. The number of amides is 2. The van der Waals surface area contributed by atoms with Crippen molar-refractivity contribution >= 4 is 11.8 Å². The van der Waals surface area contributed by atoms with Gasteiger partial charge in [0.1, 0.15) is 11.5 Å². The van der Waals surface area contributed by atoms with Gasteiger partial charge in [0.05, 0.1) is 13.7 Å². The predicted octanol–water partition coefficient (Wildman–Crippen LogP) is 0.716. The molecule has 20 heavy (non-hydrogen) atoms. The van der Waals surface area contributed by atoms with Crippen molar-refractivity contribution < 1.29 is 19.1 Å². The van der Waals surface area contributed by atoms with Gasteiger partial charge in [-0.3, -0.25) is 9.59 Å². The lowest BCUT2D eigenvalue weighted by atomic mass is 10.3. The standard InChI is InChI=1S/C14H20N2O4/c1-3-8-15-13(17)9-16-14(18)10-20-12-6-4-11(19-2)5-7-12/h4-7H,3,8-10H2,1-2H3,(H,15,17)(H,16,18). The van der Waals surface area contributed by atoms with Crippen LogP contribution in [0.1, 0.15) is 13.3 Å². The Kier molecular flexibility index (Phi) is 6.95. The van der Waals surface area contributed by atoms with E-state index in [9.17, 15) is 9.59 Å². The quantitative estimate of drug-likeness (QED) is 0.735. The first-order valence-corrected chi connectivity index (χ1v) is 6.46. The third kappa shape index (κ3) is 6.08. The Labute approximate surface area is 118 Å². The van der Waals surface area contributed by atoms with Gasteiger partial charge in [-0.05, 0) is 30.7 Å². The molecule has 1 rings (SSSR count). The van der Waals surface area contributed by atoms with Gasteiger partial charge in [-0.15, -0.1) is 0 Å². The van der Waals surface area contributed by atoms with Gasteiger partial charge in [-0.2, -0.15) is 0 Å². The Hall–Kier alpha value is -2.24. The SMILES string of the molecule is CCCNC(=O)CNC(=O)COc1ccc(OC)cc1. The Morgan fingerprint density at radius 2 is 1.70 bits per heavy atom. The summed E-state index contributed by atoms with van der Waals surface area (Å²) < 4.78 is 10.3. The summed E-state index contributed by atoms with van der Waals surface area (Å²) in [6.07, 6.45) is 0.861. The molecule has 0 aliphatic carbocycles. The fraction of sp³-hybridized carbons (Fsp3) is 0.429. The second kappa shape index (κ2) is 8.79. The van der Waals surface area contributed by atoms with Crippen molar-refractivity contribution in [3.8, 4) is 11.5 Å². The molecule has 0 saturated heterocycles. The molecule has 6 heteroatoms. The van der Waals surface area contributed by atoms with Crippen molar-refractivity contribution in [1.29, 1.82) is 0 Å². The first-order valence-electron chi connectivity index (χ1n) is 6.46. The summed E-state index contributed by atoms with van der Waals surface area (Å²) >= 11 is 0. The van der Waals surface area contributed by atoms with Gasteiger partial charge < -0.3 is 20.1 Å². The van der Waals surface area contributed by atoms with Crippen LogP contribution in [0.25, 0.3) is 0 Å². The molecule has 0 aromatic heterocycles. The molecule has 0 fully saturated rings. The van der Waals surface area contributed by atoms with Gasteiger partial charge >= 0.3 is 0 Å².